The molecule has 4 aliphatic carbocycles. The minimum atomic E-state index is -0.363. The first-order valence-corrected chi connectivity index (χ1v) is 14.9. The van der Waals surface area contributed by atoms with Crippen molar-refractivity contribution in [1.82, 2.24) is 15.0 Å². The molecule has 7 atom stereocenters. The molecular weight excluding hydrogens is 490 g/mol. The van der Waals surface area contributed by atoms with Crippen molar-refractivity contribution in [3.63, 3.8) is 0 Å². The quantitative estimate of drug-likeness (QED) is 0.295. The Balaban J connectivity index is 1.21. The Morgan fingerprint density at radius 3 is 2.59 bits per heavy atom. The Hall–Kier alpha value is -2.70. The van der Waals surface area contributed by atoms with E-state index < -0.39 is 0 Å². The first kappa shape index (κ1) is 26.5. The number of esters is 1. The van der Waals surface area contributed by atoms with E-state index in [1.54, 1.807) is 12.1 Å². The van der Waals surface area contributed by atoms with E-state index in [0.717, 1.165) is 37.7 Å². The van der Waals surface area contributed by atoms with Gasteiger partial charge in [0.15, 0.2) is 0 Å². The van der Waals surface area contributed by atoms with E-state index >= 15 is 0 Å². The molecule has 0 aliphatic heterocycles. The van der Waals surface area contributed by atoms with E-state index in [4.69, 9.17) is 9.47 Å². The molecule has 1 spiro atoms. The minimum absolute atomic E-state index is 0.0267. The van der Waals surface area contributed by atoms with Gasteiger partial charge in [0.1, 0.15) is 24.3 Å². The van der Waals surface area contributed by atoms with E-state index in [-0.39, 0.29) is 22.2 Å². The smallest absolute Gasteiger partial charge is 0.312 e. The number of aldehydes is 1. The van der Waals surface area contributed by atoms with Gasteiger partial charge in [-0.25, -0.2) is 4.68 Å². The number of benzene rings is 1. The van der Waals surface area contributed by atoms with Crippen LogP contribution in [0, 0.1) is 33.5 Å². The summed E-state index contributed by atoms with van der Waals surface area (Å²) in [5.74, 6) is 1.77. The highest BCUT2D eigenvalue weighted by Gasteiger charge is 2.68. The van der Waals surface area contributed by atoms with Crippen LogP contribution in [-0.4, -0.2) is 33.9 Å². The van der Waals surface area contributed by atoms with Crippen LogP contribution >= 0.6 is 0 Å². The fraction of sp³-hybridized carbons (Fsp3) is 0.688. The molecule has 6 rings (SSSR count). The maximum Gasteiger partial charge on any atom is 0.312 e. The molecule has 0 N–H and O–H groups in total. The van der Waals surface area contributed by atoms with Gasteiger partial charge in [0.25, 0.3) is 0 Å². The zero-order valence-electron chi connectivity index (χ0n) is 23.9. The van der Waals surface area contributed by atoms with Crippen LogP contribution in [-0.2, 0) is 16.1 Å². The molecule has 0 saturated heterocycles. The van der Waals surface area contributed by atoms with Crippen LogP contribution in [0.2, 0.25) is 0 Å². The highest BCUT2D eigenvalue weighted by Crippen LogP contribution is 2.75. The van der Waals surface area contributed by atoms with E-state index in [0.29, 0.717) is 47.8 Å². The van der Waals surface area contributed by atoms with Crippen molar-refractivity contribution in [2.45, 2.75) is 98.1 Å². The highest BCUT2D eigenvalue weighted by molar-refractivity contribution is 5.77. The largest absolute Gasteiger partial charge is 0.487 e. The second-order valence-corrected chi connectivity index (χ2v) is 13.8. The van der Waals surface area contributed by atoms with Gasteiger partial charge < -0.3 is 9.47 Å². The number of ether oxygens (including phenoxy) is 2. The van der Waals surface area contributed by atoms with Crippen molar-refractivity contribution < 1.29 is 19.1 Å². The third-order valence-corrected chi connectivity index (χ3v) is 11.6. The summed E-state index contributed by atoms with van der Waals surface area (Å²) in [4.78, 5) is 24.1. The molecule has 0 radical (unpaired) electrons. The summed E-state index contributed by atoms with van der Waals surface area (Å²) in [6.07, 6.45) is 13.3. The third kappa shape index (κ3) is 4.13. The van der Waals surface area contributed by atoms with E-state index in [9.17, 15) is 9.59 Å². The molecule has 7 heteroatoms. The Morgan fingerprint density at radius 1 is 1.08 bits per heavy atom. The van der Waals surface area contributed by atoms with Gasteiger partial charge in [-0.2, -0.15) is 0 Å². The molecule has 1 aromatic carbocycles. The SMILES string of the molecule is CCOC(=O)[C@]1(C)CCC[C@@]2(C)[C@@H]3CC[C@@]4(C)C[C@]3(CC[C@@H]21)C[C@@H]4n1cc(COc2ccc(C=O)cc2)nn1. The molecule has 0 unspecified atom stereocenters. The van der Waals surface area contributed by atoms with Gasteiger partial charge in [0.05, 0.1) is 24.3 Å². The zero-order valence-corrected chi connectivity index (χ0v) is 23.9. The van der Waals surface area contributed by atoms with E-state index in [1.807, 2.05) is 19.1 Å². The number of hydrogen-bond acceptors (Lipinski definition) is 6. The fourth-order valence-electron chi connectivity index (χ4n) is 10.0. The molecule has 4 aliphatic rings. The molecule has 2 aromatic rings. The van der Waals surface area contributed by atoms with Crippen molar-refractivity contribution in [1.29, 1.82) is 0 Å². The average molecular weight is 534 g/mol. The topological polar surface area (TPSA) is 83.3 Å². The van der Waals surface area contributed by atoms with Crippen LogP contribution in [0.25, 0.3) is 0 Å². The number of hydrogen-bond donors (Lipinski definition) is 0. The summed E-state index contributed by atoms with van der Waals surface area (Å²) >= 11 is 0. The molecule has 7 nitrogen and oxygen atoms in total. The van der Waals surface area contributed by atoms with Crippen molar-refractivity contribution in [3.8, 4) is 5.75 Å². The van der Waals surface area contributed by atoms with Crippen LogP contribution in [0.4, 0.5) is 0 Å². The summed E-state index contributed by atoms with van der Waals surface area (Å²) in [5.41, 5.74) is 1.77. The molecule has 0 amide bonds. The van der Waals surface area contributed by atoms with Crippen molar-refractivity contribution in [2.75, 3.05) is 6.61 Å². The first-order chi connectivity index (χ1) is 18.7. The van der Waals surface area contributed by atoms with Gasteiger partial charge in [-0.05, 0) is 118 Å². The Bertz CT molecular complexity index is 1240. The highest BCUT2D eigenvalue weighted by atomic mass is 16.5. The van der Waals surface area contributed by atoms with Crippen LogP contribution in [0.3, 0.4) is 0 Å². The lowest BCUT2D eigenvalue weighted by atomic mass is 9.40. The molecular formula is C32H43N3O4. The van der Waals surface area contributed by atoms with Gasteiger partial charge in [-0.1, -0.05) is 25.5 Å². The Labute approximate surface area is 232 Å². The van der Waals surface area contributed by atoms with Gasteiger partial charge >= 0.3 is 5.97 Å². The normalized spacial score (nSPS) is 38.9. The zero-order chi connectivity index (χ0) is 27.5. The predicted molar refractivity (Wildman–Crippen MR) is 147 cm³/mol. The van der Waals surface area contributed by atoms with E-state index in [2.05, 4.69) is 42.0 Å². The molecule has 1 aromatic heterocycles. The minimum Gasteiger partial charge on any atom is -0.487 e. The lowest BCUT2D eigenvalue weighted by Crippen LogP contribution is -2.58. The number of rotatable bonds is 7. The number of carbonyl (C=O) groups excluding carboxylic acids is 2. The Kier molecular flexibility index (Phi) is 6.42. The lowest BCUT2D eigenvalue weighted by molar-refractivity contribution is -0.187. The summed E-state index contributed by atoms with van der Waals surface area (Å²) < 4.78 is 13.7. The molecule has 1 heterocycles. The molecule has 2 bridgehead atoms. The lowest BCUT2D eigenvalue weighted by Gasteiger charge is -2.64. The molecule has 39 heavy (non-hydrogen) atoms. The predicted octanol–water partition coefficient (Wildman–Crippen LogP) is 6.58. The maximum atomic E-state index is 13.2. The molecule has 210 valence electrons. The molecule has 4 saturated carbocycles. The number of aromatic nitrogens is 3. The second-order valence-electron chi connectivity index (χ2n) is 13.8. The second kappa shape index (κ2) is 9.45. The number of carbonyl (C=O) groups is 2. The molecule has 4 fully saturated rings. The van der Waals surface area contributed by atoms with Crippen molar-refractivity contribution in [2.24, 2.45) is 33.5 Å². The average Bonchev–Trinajstić information content (AvgIpc) is 3.47. The third-order valence-electron chi connectivity index (χ3n) is 11.6. The summed E-state index contributed by atoms with van der Waals surface area (Å²) in [7, 11) is 0. The maximum absolute atomic E-state index is 13.2. The van der Waals surface area contributed by atoms with Gasteiger partial charge in [0, 0.05) is 5.56 Å². The van der Waals surface area contributed by atoms with E-state index in [1.165, 1.54) is 32.1 Å². The van der Waals surface area contributed by atoms with Crippen LogP contribution in [0.1, 0.15) is 108 Å². The Morgan fingerprint density at radius 2 is 1.85 bits per heavy atom. The standard InChI is InChI=1S/C32H43N3O4/c1-5-38-28(37)31(4)14-6-13-30(3)25(31)12-16-32-17-27(29(2,21-32)15-11-26(30)32)35-18-23(33-34-35)20-39-24-9-7-22(19-36)8-10-24/h7-10,18-19,25-27H,5-6,11-17,20-21H2,1-4H3/t25-,26-,27-,29-,30+,31+,32-/m0/s1. The number of fused-ring (bicyclic) bond motifs is 3. The van der Waals surface area contributed by atoms with Crippen molar-refractivity contribution in [3.05, 3.63) is 41.7 Å². The van der Waals surface area contributed by atoms with Gasteiger partial charge in [-0.15, -0.1) is 5.10 Å². The fourth-order valence-corrected chi connectivity index (χ4v) is 10.0. The van der Waals surface area contributed by atoms with Crippen LogP contribution in [0.5, 0.6) is 5.75 Å². The monoisotopic (exact) mass is 533 g/mol. The van der Waals surface area contributed by atoms with Gasteiger partial charge in [-0.3, -0.25) is 9.59 Å². The summed E-state index contributed by atoms with van der Waals surface area (Å²) in [6, 6.07) is 7.46. The van der Waals surface area contributed by atoms with Crippen molar-refractivity contribution >= 4 is 12.3 Å². The van der Waals surface area contributed by atoms with Crippen LogP contribution < -0.4 is 4.74 Å². The summed E-state index contributed by atoms with van der Waals surface area (Å²) in [6.45, 7) is 9.92. The van der Waals surface area contributed by atoms with Gasteiger partial charge in [0.2, 0.25) is 0 Å². The van der Waals surface area contributed by atoms with Crippen LogP contribution in [0.15, 0.2) is 30.5 Å². The number of nitrogens with zero attached hydrogens (tertiary/aromatic N) is 3. The first-order valence-electron chi connectivity index (χ1n) is 14.9. The summed E-state index contributed by atoms with van der Waals surface area (Å²) in [5, 5.41) is 9.09.